The number of carbonyl (C=O) groups excluding carboxylic acids is 1. The van der Waals surface area contributed by atoms with Gasteiger partial charge in [0.05, 0.1) is 0 Å². The van der Waals surface area contributed by atoms with E-state index in [-0.39, 0.29) is 38.5 Å². The van der Waals surface area contributed by atoms with E-state index >= 15 is 0 Å². The van der Waals surface area contributed by atoms with Crippen LogP contribution in [0.3, 0.4) is 0 Å². The highest BCUT2D eigenvalue weighted by atomic mass is 35.5. The van der Waals surface area contributed by atoms with Crippen LogP contribution in [0.15, 0.2) is 30.3 Å². The Kier molecular flexibility index (Phi) is 7.71. The molecule has 1 atom stereocenters. The summed E-state index contributed by atoms with van der Waals surface area (Å²) in [5.74, 6) is -0.833. The average Bonchev–Trinajstić information content (AvgIpc) is 2.97. The van der Waals surface area contributed by atoms with Crippen molar-refractivity contribution in [1.29, 1.82) is 0 Å². The predicted molar refractivity (Wildman–Crippen MR) is 93.6 cm³/mol. The molecule has 1 amide bonds. The van der Waals surface area contributed by atoms with Crippen LogP contribution in [0.1, 0.15) is 12.0 Å². The van der Waals surface area contributed by atoms with Crippen molar-refractivity contribution in [1.82, 2.24) is 15.1 Å². The summed E-state index contributed by atoms with van der Waals surface area (Å²) >= 11 is 0. The molecule has 1 aromatic rings. The van der Waals surface area contributed by atoms with Crippen LogP contribution in [-0.2, 0) is 11.3 Å². The normalized spacial score (nSPS) is 21.0. The summed E-state index contributed by atoms with van der Waals surface area (Å²) in [6.07, 6.45) is -4.74. The van der Waals surface area contributed by atoms with E-state index in [9.17, 15) is 18.0 Å². The van der Waals surface area contributed by atoms with Crippen LogP contribution in [0.4, 0.5) is 13.2 Å². The number of hydrogen-bond acceptors (Lipinski definition) is 3. The Morgan fingerprint density at radius 1 is 1.32 bits per heavy atom. The third-order valence-electron chi connectivity index (χ3n) is 4.59. The molecule has 0 spiro atoms. The summed E-state index contributed by atoms with van der Waals surface area (Å²) < 4.78 is 41.3. The average molecular weight is 380 g/mol. The van der Waals surface area contributed by atoms with Gasteiger partial charge in [-0.3, -0.25) is 9.69 Å². The lowest BCUT2D eigenvalue weighted by Crippen LogP contribution is -2.53. The van der Waals surface area contributed by atoms with Crippen molar-refractivity contribution in [3.8, 4) is 0 Å². The van der Waals surface area contributed by atoms with Gasteiger partial charge in [-0.05, 0) is 25.6 Å². The smallest absolute Gasteiger partial charge is 0.344 e. The molecule has 1 saturated heterocycles. The van der Waals surface area contributed by atoms with E-state index in [2.05, 4.69) is 5.32 Å². The minimum absolute atomic E-state index is 0. The molecule has 142 valence electrons. The quantitative estimate of drug-likeness (QED) is 0.825. The second kappa shape index (κ2) is 8.87. The number of carbonyl (C=O) groups is 1. The molecular formula is C17H25ClF3N3O. The van der Waals surface area contributed by atoms with E-state index < -0.39 is 17.5 Å². The second-order valence-corrected chi connectivity index (χ2v) is 6.36. The SMILES string of the molecule is CNCCN(C)C(=O)C1(C(F)(F)F)CCN(Cc2ccccc2)C1.Cl. The van der Waals surface area contributed by atoms with Gasteiger partial charge in [-0.2, -0.15) is 13.2 Å². The fraction of sp³-hybridized carbons (Fsp3) is 0.588. The molecule has 4 nitrogen and oxygen atoms in total. The van der Waals surface area contributed by atoms with E-state index in [0.29, 0.717) is 13.1 Å². The highest BCUT2D eigenvalue weighted by molar-refractivity contribution is 5.85. The maximum Gasteiger partial charge on any atom is 0.404 e. The standard InChI is InChI=1S/C17H24F3N3O.ClH/c1-21-9-11-22(2)15(24)16(17(18,19)20)8-10-23(13-16)12-14-6-4-3-5-7-14;/h3-7,21H,8-13H2,1-2H3;1H. The molecule has 0 aliphatic carbocycles. The molecule has 0 saturated carbocycles. The van der Waals surface area contributed by atoms with Crippen LogP contribution >= 0.6 is 12.4 Å². The molecule has 0 radical (unpaired) electrons. The largest absolute Gasteiger partial charge is 0.404 e. The van der Waals surface area contributed by atoms with Crippen LogP contribution in [0, 0.1) is 5.41 Å². The van der Waals surface area contributed by atoms with Crippen molar-refractivity contribution < 1.29 is 18.0 Å². The number of likely N-dealkylation sites (N-methyl/N-ethyl adjacent to an activating group) is 2. The summed E-state index contributed by atoms with van der Waals surface area (Å²) in [5.41, 5.74) is -1.35. The summed E-state index contributed by atoms with van der Waals surface area (Å²) in [6.45, 7) is 1.12. The zero-order valence-electron chi connectivity index (χ0n) is 14.5. The molecular weight excluding hydrogens is 355 g/mol. The van der Waals surface area contributed by atoms with Crippen LogP contribution in [0.5, 0.6) is 0 Å². The summed E-state index contributed by atoms with van der Waals surface area (Å²) in [4.78, 5) is 15.5. The van der Waals surface area contributed by atoms with Crippen molar-refractivity contribution in [2.24, 2.45) is 5.41 Å². The molecule has 1 fully saturated rings. The number of benzene rings is 1. The van der Waals surface area contributed by atoms with Crippen LogP contribution in [-0.4, -0.2) is 62.2 Å². The predicted octanol–water partition coefficient (Wildman–Crippen LogP) is 2.54. The molecule has 1 N–H and O–H groups in total. The Labute approximate surface area is 152 Å². The van der Waals surface area contributed by atoms with E-state index in [1.165, 1.54) is 11.9 Å². The number of amides is 1. The zero-order valence-corrected chi connectivity index (χ0v) is 15.3. The molecule has 2 rings (SSSR count). The molecule has 0 bridgehead atoms. The first-order chi connectivity index (χ1) is 11.3. The Morgan fingerprint density at radius 3 is 2.52 bits per heavy atom. The molecule has 1 aliphatic rings. The summed E-state index contributed by atoms with van der Waals surface area (Å²) in [6, 6.07) is 9.36. The lowest BCUT2D eigenvalue weighted by Gasteiger charge is -2.34. The number of halogens is 4. The Balaban J connectivity index is 0.00000312. The first kappa shape index (κ1) is 21.7. The number of nitrogens with one attached hydrogen (secondary N) is 1. The van der Waals surface area contributed by atoms with Gasteiger partial charge < -0.3 is 10.2 Å². The minimum Gasteiger partial charge on any atom is -0.344 e. The monoisotopic (exact) mass is 379 g/mol. The van der Waals surface area contributed by atoms with Gasteiger partial charge in [-0.1, -0.05) is 30.3 Å². The van der Waals surface area contributed by atoms with Crippen molar-refractivity contribution in [3.05, 3.63) is 35.9 Å². The number of hydrogen-bond donors (Lipinski definition) is 1. The highest BCUT2D eigenvalue weighted by Gasteiger charge is 2.63. The van der Waals surface area contributed by atoms with Gasteiger partial charge in [0.1, 0.15) is 0 Å². The van der Waals surface area contributed by atoms with Crippen molar-refractivity contribution in [3.63, 3.8) is 0 Å². The van der Waals surface area contributed by atoms with Gasteiger partial charge in [-0.15, -0.1) is 12.4 Å². The van der Waals surface area contributed by atoms with Crippen LogP contribution in [0.25, 0.3) is 0 Å². The molecule has 1 aliphatic heterocycles. The van der Waals surface area contributed by atoms with E-state index in [4.69, 9.17) is 0 Å². The van der Waals surface area contributed by atoms with Gasteiger partial charge in [0.2, 0.25) is 5.91 Å². The number of nitrogens with zero attached hydrogens (tertiary/aromatic N) is 2. The molecule has 0 aromatic heterocycles. The van der Waals surface area contributed by atoms with Gasteiger partial charge in [0.15, 0.2) is 5.41 Å². The number of likely N-dealkylation sites (tertiary alicyclic amines) is 1. The van der Waals surface area contributed by atoms with Gasteiger partial charge >= 0.3 is 6.18 Å². The molecule has 8 heteroatoms. The van der Waals surface area contributed by atoms with Crippen LogP contribution < -0.4 is 5.32 Å². The zero-order chi connectivity index (χ0) is 17.8. The molecule has 1 aromatic carbocycles. The molecule has 25 heavy (non-hydrogen) atoms. The summed E-state index contributed by atoms with van der Waals surface area (Å²) in [5, 5.41) is 2.85. The summed E-state index contributed by atoms with van der Waals surface area (Å²) in [7, 11) is 3.14. The minimum atomic E-state index is -4.55. The van der Waals surface area contributed by atoms with E-state index in [1.54, 1.807) is 11.9 Å². The number of rotatable bonds is 6. The van der Waals surface area contributed by atoms with E-state index in [1.807, 2.05) is 30.3 Å². The lowest BCUT2D eigenvalue weighted by atomic mass is 9.84. The first-order valence-electron chi connectivity index (χ1n) is 8.03. The highest BCUT2D eigenvalue weighted by Crippen LogP contribution is 2.47. The van der Waals surface area contributed by atoms with E-state index in [0.717, 1.165) is 5.56 Å². The third kappa shape index (κ3) is 4.86. The van der Waals surface area contributed by atoms with Crippen molar-refractivity contribution >= 4 is 18.3 Å². The fourth-order valence-corrected chi connectivity index (χ4v) is 3.14. The third-order valence-corrected chi connectivity index (χ3v) is 4.59. The second-order valence-electron chi connectivity index (χ2n) is 6.36. The topological polar surface area (TPSA) is 35.6 Å². The fourth-order valence-electron chi connectivity index (χ4n) is 3.14. The Bertz CT molecular complexity index is 556. The van der Waals surface area contributed by atoms with Crippen molar-refractivity contribution in [2.75, 3.05) is 40.3 Å². The van der Waals surface area contributed by atoms with Gasteiger partial charge in [-0.25, -0.2) is 0 Å². The number of alkyl halides is 3. The van der Waals surface area contributed by atoms with Gasteiger partial charge in [0.25, 0.3) is 0 Å². The van der Waals surface area contributed by atoms with Crippen molar-refractivity contribution in [2.45, 2.75) is 19.1 Å². The van der Waals surface area contributed by atoms with Crippen LogP contribution in [0.2, 0.25) is 0 Å². The Morgan fingerprint density at radius 2 is 1.96 bits per heavy atom. The maximum atomic E-state index is 13.8. The first-order valence-corrected chi connectivity index (χ1v) is 8.03. The maximum absolute atomic E-state index is 13.8. The molecule has 1 heterocycles. The molecule has 1 unspecified atom stereocenters. The Hall–Kier alpha value is -1.31. The van der Waals surface area contributed by atoms with Gasteiger partial charge in [0, 0.05) is 33.2 Å². The lowest BCUT2D eigenvalue weighted by molar-refractivity contribution is -0.223.